The molecule has 4 atom stereocenters. The van der Waals surface area contributed by atoms with Crippen molar-refractivity contribution in [1.29, 1.82) is 0 Å². The highest BCUT2D eigenvalue weighted by atomic mass is 35.5. The predicted octanol–water partition coefficient (Wildman–Crippen LogP) is 4.38. The zero-order chi connectivity index (χ0) is 28.7. The van der Waals surface area contributed by atoms with Crippen molar-refractivity contribution in [2.45, 2.75) is 29.8 Å². The Morgan fingerprint density at radius 2 is 1.63 bits per heavy atom. The van der Waals surface area contributed by atoms with Crippen LogP contribution in [0.5, 0.6) is 17.2 Å². The third kappa shape index (κ3) is 2.97. The summed E-state index contributed by atoms with van der Waals surface area (Å²) in [6.45, 7) is 0.542. The molecule has 4 aliphatic heterocycles. The molecule has 2 saturated heterocycles. The number of ether oxygens (including phenoxy) is 3. The lowest BCUT2D eigenvalue weighted by molar-refractivity contribution is -0.137. The summed E-state index contributed by atoms with van der Waals surface area (Å²) in [4.78, 5) is 46.1. The van der Waals surface area contributed by atoms with Crippen molar-refractivity contribution in [3.8, 4) is 17.2 Å². The van der Waals surface area contributed by atoms with Crippen molar-refractivity contribution in [2.75, 3.05) is 38.5 Å². The largest absolute Gasteiger partial charge is 0.493 e. The van der Waals surface area contributed by atoms with E-state index in [2.05, 4.69) is 15.5 Å². The van der Waals surface area contributed by atoms with Crippen molar-refractivity contribution in [1.82, 2.24) is 4.90 Å². The van der Waals surface area contributed by atoms with Gasteiger partial charge in [-0.2, -0.15) is 0 Å². The number of fused-ring (bicyclic) bond motifs is 7. The molecule has 4 heterocycles. The summed E-state index contributed by atoms with van der Waals surface area (Å²) in [5.41, 5.74) is -0.485. The quantitative estimate of drug-likeness (QED) is 0.436. The number of carbonyl (C=O) groups is 3. The van der Waals surface area contributed by atoms with E-state index in [1.165, 1.54) is 21.3 Å². The standard InChI is InChI=1S/C31H28ClN3O6/c1-39-22-14-16(15-23(40-2)27(22)41-3)26(36)24-21-12-7-13-35(21)31(18-9-6-10-19(32)25(18)34-29(31)38)30(24)17-8-4-5-11-20(17)33-28(30)37/h4-6,8-11,14-15,21,24H,7,12-13H2,1-3H3,(H,33,37)(H,34,38)/t21-,24-,30+,31+/m1/s1. The van der Waals surface area contributed by atoms with E-state index in [-0.39, 0.29) is 17.6 Å². The third-order valence-electron chi connectivity index (χ3n) is 9.31. The fourth-order valence-corrected chi connectivity index (χ4v) is 8.19. The molecular weight excluding hydrogens is 546 g/mol. The topological polar surface area (TPSA) is 106 Å². The highest BCUT2D eigenvalue weighted by Gasteiger charge is 2.81. The van der Waals surface area contributed by atoms with Gasteiger partial charge in [-0.3, -0.25) is 19.3 Å². The minimum Gasteiger partial charge on any atom is -0.493 e. The summed E-state index contributed by atoms with van der Waals surface area (Å²) >= 11 is 6.62. The van der Waals surface area contributed by atoms with Gasteiger partial charge in [-0.05, 0) is 49.2 Å². The van der Waals surface area contributed by atoms with Crippen LogP contribution in [0.2, 0.25) is 5.02 Å². The first-order valence-corrected chi connectivity index (χ1v) is 13.9. The lowest BCUT2D eigenvalue weighted by Gasteiger charge is -2.43. The average Bonchev–Trinajstić information content (AvgIpc) is 3.71. The molecule has 9 nitrogen and oxygen atoms in total. The van der Waals surface area contributed by atoms with Crippen LogP contribution in [0.25, 0.3) is 0 Å². The van der Waals surface area contributed by atoms with E-state index in [0.717, 1.165) is 6.42 Å². The van der Waals surface area contributed by atoms with Gasteiger partial charge in [0.2, 0.25) is 11.7 Å². The van der Waals surface area contributed by atoms with E-state index in [0.29, 0.717) is 63.3 Å². The maximum absolute atomic E-state index is 15.0. The van der Waals surface area contributed by atoms with Gasteiger partial charge in [0.05, 0.1) is 38.0 Å². The normalized spacial score (nSPS) is 27.4. The Kier molecular flexibility index (Phi) is 5.65. The molecule has 3 aromatic rings. The predicted molar refractivity (Wildman–Crippen MR) is 152 cm³/mol. The van der Waals surface area contributed by atoms with Gasteiger partial charge in [0.25, 0.3) is 5.91 Å². The van der Waals surface area contributed by atoms with Gasteiger partial charge in [-0.15, -0.1) is 0 Å². The molecule has 3 aromatic carbocycles. The molecule has 0 radical (unpaired) electrons. The Balaban J connectivity index is 1.55. The molecule has 2 N–H and O–H groups in total. The van der Waals surface area contributed by atoms with Crippen LogP contribution >= 0.6 is 11.6 Å². The highest BCUT2D eigenvalue weighted by molar-refractivity contribution is 6.35. The molecule has 10 heteroatoms. The molecule has 0 saturated carbocycles. The second-order valence-electron chi connectivity index (χ2n) is 10.8. The first kappa shape index (κ1) is 25.9. The summed E-state index contributed by atoms with van der Waals surface area (Å²) in [5.74, 6) is -0.935. The van der Waals surface area contributed by atoms with Crippen LogP contribution in [0.15, 0.2) is 54.6 Å². The number of halogens is 1. The number of hydrogen-bond donors (Lipinski definition) is 2. The van der Waals surface area contributed by atoms with Crippen LogP contribution in [0.3, 0.4) is 0 Å². The summed E-state index contributed by atoms with van der Waals surface area (Å²) in [6.07, 6.45) is 1.41. The number of rotatable bonds is 5. The Labute approximate surface area is 241 Å². The monoisotopic (exact) mass is 573 g/mol. The van der Waals surface area contributed by atoms with Crippen molar-refractivity contribution in [3.63, 3.8) is 0 Å². The summed E-state index contributed by atoms with van der Waals surface area (Å²) in [7, 11) is 4.47. The van der Waals surface area contributed by atoms with Crippen molar-refractivity contribution in [3.05, 3.63) is 76.3 Å². The molecule has 0 aromatic heterocycles. The van der Waals surface area contributed by atoms with Gasteiger partial charge in [-0.1, -0.05) is 41.9 Å². The number of nitrogens with one attached hydrogen (secondary N) is 2. The van der Waals surface area contributed by atoms with Crippen LogP contribution in [-0.4, -0.2) is 56.4 Å². The molecule has 0 unspecified atom stereocenters. The van der Waals surface area contributed by atoms with E-state index < -0.39 is 22.9 Å². The van der Waals surface area contributed by atoms with E-state index in [9.17, 15) is 14.4 Å². The number of amides is 2. The van der Waals surface area contributed by atoms with Crippen LogP contribution in [0, 0.1) is 5.92 Å². The fourth-order valence-electron chi connectivity index (χ4n) is 7.97. The number of Topliss-reactive ketones (excluding diaryl/α,β-unsaturated/α-hetero) is 1. The zero-order valence-electron chi connectivity index (χ0n) is 22.7. The van der Waals surface area contributed by atoms with Crippen molar-refractivity contribution < 1.29 is 28.6 Å². The number of ketones is 1. The number of anilines is 2. The van der Waals surface area contributed by atoms with Gasteiger partial charge in [0.15, 0.2) is 17.3 Å². The summed E-state index contributed by atoms with van der Waals surface area (Å²) in [6, 6.07) is 15.5. The molecule has 2 amide bonds. The lowest BCUT2D eigenvalue weighted by Crippen LogP contribution is -2.62. The molecular formula is C31H28ClN3O6. The maximum Gasteiger partial charge on any atom is 0.251 e. The number of methoxy groups -OCH3 is 3. The molecule has 210 valence electrons. The van der Waals surface area contributed by atoms with E-state index in [1.807, 2.05) is 30.3 Å². The van der Waals surface area contributed by atoms with Crippen LogP contribution < -0.4 is 24.8 Å². The molecule has 41 heavy (non-hydrogen) atoms. The first-order chi connectivity index (χ1) is 19.9. The van der Waals surface area contributed by atoms with E-state index in [1.54, 1.807) is 24.3 Å². The second kappa shape index (κ2) is 8.96. The van der Waals surface area contributed by atoms with Crippen LogP contribution in [0.1, 0.15) is 34.3 Å². The maximum atomic E-state index is 15.0. The van der Waals surface area contributed by atoms with Gasteiger partial charge in [0, 0.05) is 22.9 Å². The van der Waals surface area contributed by atoms with Crippen molar-refractivity contribution >= 4 is 40.6 Å². The smallest absolute Gasteiger partial charge is 0.251 e. The molecule has 7 rings (SSSR count). The Bertz CT molecular complexity index is 1630. The van der Waals surface area contributed by atoms with Gasteiger partial charge < -0.3 is 24.8 Å². The van der Waals surface area contributed by atoms with Gasteiger partial charge in [0.1, 0.15) is 11.0 Å². The molecule has 2 spiro atoms. The summed E-state index contributed by atoms with van der Waals surface area (Å²) in [5, 5.41) is 6.42. The van der Waals surface area contributed by atoms with Gasteiger partial charge in [-0.25, -0.2) is 0 Å². The van der Waals surface area contributed by atoms with Crippen LogP contribution in [-0.2, 0) is 20.5 Å². The Hall–Kier alpha value is -4.08. The second-order valence-corrected chi connectivity index (χ2v) is 11.2. The number of para-hydroxylation sites is 2. The SMILES string of the molecule is COc1cc(C(=O)[C@H]2[C@H]3CCCN3[C@@]3(C(=O)Nc4c(Cl)cccc43)[C@]23C(=O)Nc2ccccc23)cc(OC)c1OC. The van der Waals surface area contributed by atoms with Crippen LogP contribution in [0.4, 0.5) is 11.4 Å². The van der Waals surface area contributed by atoms with E-state index in [4.69, 9.17) is 25.8 Å². The minimum atomic E-state index is -1.58. The van der Waals surface area contributed by atoms with Crippen molar-refractivity contribution in [2.24, 2.45) is 5.92 Å². The van der Waals surface area contributed by atoms with E-state index >= 15 is 0 Å². The molecule has 0 bridgehead atoms. The molecule has 4 aliphatic rings. The average molecular weight is 574 g/mol. The minimum absolute atomic E-state index is 0.284. The fraction of sp³-hybridized carbons (Fsp3) is 0.323. The number of benzene rings is 3. The lowest BCUT2D eigenvalue weighted by atomic mass is 9.57. The summed E-state index contributed by atoms with van der Waals surface area (Å²) < 4.78 is 16.6. The number of hydrogen-bond acceptors (Lipinski definition) is 7. The Morgan fingerprint density at radius 1 is 0.927 bits per heavy atom. The Morgan fingerprint density at radius 3 is 2.34 bits per heavy atom. The highest BCUT2D eigenvalue weighted by Crippen LogP contribution is 2.68. The molecule has 2 fully saturated rings. The van der Waals surface area contributed by atoms with Gasteiger partial charge >= 0.3 is 0 Å². The third-order valence-corrected chi connectivity index (χ3v) is 9.63. The first-order valence-electron chi connectivity index (χ1n) is 13.5. The zero-order valence-corrected chi connectivity index (χ0v) is 23.5. The number of nitrogens with zero attached hydrogens (tertiary/aromatic N) is 1. The number of carbonyl (C=O) groups excluding carboxylic acids is 3. The molecule has 0 aliphatic carbocycles.